The topological polar surface area (TPSA) is 49.3 Å². The first-order chi connectivity index (χ1) is 9.49. The highest BCUT2D eigenvalue weighted by Crippen LogP contribution is 2.13. The Morgan fingerprint density at radius 3 is 2.45 bits per heavy atom. The lowest BCUT2D eigenvalue weighted by molar-refractivity contribution is -0.137. The Kier molecular flexibility index (Phi) is 7.23. The van der Waals surface area contributed by atoms with Crippen LogP contribution in [0.5, 0.6) is 0 Å². The van der Waals surface area contributed by atoms with Crippen molar-refractivity contribution in [2.75, 3.05) is 0 Å². The average molecular weight is 281 g/mol. The molecule has 0 fully saturated rings. The molecule has 20 heavy (non-hydrogen) atoms. The molecule has 1 atom stereocenters. The molecule has 0 aliphatic heterocycles. The van der Waals surface area contributed by atoms with Gasteiger partial charge in [0.15, 0.2) is 0 Å². The first-order valence-electron chi connectivity index (χ1n) is 7.18. The molecule has 1 aromatic carbocycles. The molecule has 0 saturated carbocycles. The van der Waals surface area contributed by atoms with E-state index in [1.807, 2.05) is 0 Å². The number of benzene rings is 1. The van der Waals surface area contributed by atoms with Crippen LogP contribution in [0.4, 0.5) is 4.39 Å². The van der Waals surface area contributed by atoms with E-state index in [1.54, 1.807) is 12.1 Å². The van der Waals surface area contributed by atoms with Crippen molar-refractivity contribution in [3.05, 3.63) is 35.6 Å². The van der Waals surface area contributed by atoms with Crippen LogP contribution in [0.2, 0.25) is 0 Å². The van der Waals surface area contributed by atoms with E-state index in [0.717, 1.165) is 24.8 Å². The van der Waals surface area contributed by atoms with Crippen molar-refractivity contribution in [1.82, 2.24) is 5.32 Å². The smallest absolute Gasteiger partial charge is 0.303 e. The number of nitrogens with one attached hydrogen (secondary N) is 1. The van der Waals surface area contributed by atoms with Gasteiger partial charge in [-0.3, -0.25) is 4.79 Å². The third-order valence-electron chi connectivity index (χ3n) is 3.44. The van der Waals surface area contributed by atoms with Crippen LogP contribution in [0, 0.1) is 11.7 Å². The van der Waals surface area contributed by atoms with Gasteiger partial charge in [0, 0.05) is 19.0 Å². The largest absolute Gasteiger partial charge is 0.481 e. The van der Waals surface area contributed by atoms with Crippen LogP contribution < -0.4 is 5.32 Å². The highest BCUT2D eigenvalue weighted by Gasteiger charge is 2.12. The third kappa shape index (κ3) is 6.66. The fraction of sp³-hybridized carbons (Fsp3) is 0.562. The molecule has 0 aliphatic rings. The molecule has 112 valence electrons. The Hall–Kier alpha value is -1.42. The Morgan fingerprint density at radius 1 is 1.25 bits per heavy atom. The summed E-state index contributed by atoms with van der Waals surface area (Å²) in [6.45, 7) is 5.01. The number of aliphatic carboxylic acids is 1. The van der Waals surface area contributed by atoms with Gasteiger partial charge in [0.25, 0.3) is 0 Å². The number of carbonyl (C=O) groups is 1. The van der Waals surface area contributed by atoms with Gasteiger partial charge in [0.1, 0.15) is 5.82 Å². The molecule has 0 aromatic heterocycles. The van der Waals surface area contributed by atoms with E-state index in [4.69, 9.17) is 5.11 Å². The van der Waals surface area contributed by atoms with E-state index < -0.39 is 5.97 Å². The monoisotopic (exact) mass is 281 g/mol. The van der Waals surface area contributed by atoms with Gasteiger partial charge in [-0.05, 0) is 36.5 Å². The number of halogens is 1. The normalized spacial score (nSPS) is 12.6. The van der Waals surface area contributed by atoms with Crippen molar-refractivity contribution in [3.8, 4) is 0 Å². The summed E-state index contributed by atoms with van der Waals surface area (Å²) in [5.41, 5.74) is 1.06. The summed E-state index contributed by atoms with van der Waals surface area (Å²) < 4.78 is 12.8. The van der Waals surface area contributed by atoms with Crippen LogP contribution in [0.1, 0.15) is 45.1 Å². The van der Waals surface area contributed by atoms with E-state index in [2.05, 4.69) is 19.2 Å². The second kappa shape index (κ2) is 8.69. The van der Waals surface area contributed by atoms with Crippen molar-refractivity contribution < 1.29 is 14.3 Å². The molecule has 1 rings (SSSR count). The SMILES string of the molecule is CC(C)C(CCCCC(=O)O)NCc1ccc(F)cc1. The zero-order valence-corrected chi connectivity index (χ0v) is 12.2. The van der Waals surface area contributed by atoms with Crippen LogP contribution in [-0.4, -0.2) is 17.1 Å². The molecule has 0 spiro atoms. The number of carboxylic acid groups (broad SMARTS) is 1. The summed E-state index contributed by atoms with van der Waals surface area (Å²) in [7, 11) is 0. The van der Waals surface area contributed by atoms with Crippen molar-refractivity contribution in [2.45, 2.75) is 52.1 Å². The van der Waals surface area contributed by atoms with Gasteiger partial charge in [-0.1, -0.05) is 32.4 Å². The summed E-state index contributed by atoms with van der Waals surface area (Å²) in [6, 6.07) is 6.85. The van der Waals surface area contributed by atoms with E-state index in [1.165, 1.54) is 12.1 Å². The summed E-state index contributed by atoms with van der Waals surface area (Å²) in [6.07, 6.45) is 2.83. The van der Waals surface area contributed by atoms with Crippen LogP contribution >= 0.6 is 0 Å². The predicted octanol–water partition coefficient (Wildman–Crippen LogP) is 3.58. The zero-order valence-electron chi connectivity index (χ0n) is 12.2. The number of rotatable bonds is 9. The number of carboxylic acids is 1. The van der Waals surface area contributed by atoms with Crippen molar-refractivity contribution in [3.63, 3.8) is 0 Å². The molecule has 0 saturated heterocycles. The Labute approximate surface area is 120 Å². The molecule has 3 nitrogen and oxygen atoms in total. The first-order valence-corrected chi connectivity index (χ1v) is 7.18. The number of hydrogen-bond donors (Lipinski definition) is 2. The summed E-state index contributed by atoms with van der Waals surface area (Å²) in [4.78, 5) is 10.5. The average Bonchev–Trinajstić information content (AvgIpc) is 2.39. The lowest BCUT2D eigenvalue weighted by atomic mass is 9.97. The predicted molar refractivity (Wildman–Crippen MR) is 78.0 cm³/mol. The van der Waals surface area contributed by atoms with Crippen molar-refractivity contribution in [2.24, 2.45) is 5.92 Å². The molecule has 4 heteroatoms. The second-order valence-corrected chi connectivity index (χ2v) is 5.50. The van der Waals surface area contributed by atoms with Gasteiger partial charge < -0.3 is 10.4 Å². The van der Waals surface area contributed by atoms with Gasteiger partial charge >= 0.3 is 5.97 Å². The molecule has 0 heterocycles. The molecular weight excluding hydrogens is 257 g/mol. The standard InChI is InChI=1S/C16H24FNO2/c1-12(2)15(5-3-4-6-16(19)20)18-11-13-7-9-14(17)10-8-13/h7-10,12,15,18H,3-6,11H2,1-2H3,(H,19,20). The molecule has 0 bridgehead atoms. The molecule has 0 aliphatic carbocycles. The minimum Gasteiger partial charge on any atom is -0.481 e. The van der Waals surface area contributed by atoms with Gasteiger partial charge in [-0.2, -0.15) is 0 Å². The van der Waals surface area contributed by atoms with Crippen molar-refractivity contribution in [1.29, 1.82) is 0 Å². The Balaban J connectivity index is 2.35. The Morgan fingerprint density at radius 2 is 1.90 bits per heavy atom. The van der Waals surface area contributed by atoms with E-state index in [-0.39, 0.29) is 12.2 Å². The Bertz CT molecular complexity index is 403. The molecule has 0 radical (unpaired) electrons. The van der Waals surface area contributed by atoms with Crippen LogP contribution in [0.15, 0.2) is 24.3 Å². The highest BCUT2D eigenvalue weighted by atomic mass is 19.1. The van der Waals surface area contributed by atoms with Crippen LogP contribution in [0.25, 0.3) is 0 Å². The zero-order chi connectivity index (χ0) is 15.0. The maximum absolute atomic E-state index is 12.8. The van der Waals surface area contributed by atoms with Crippen molar-refractivity contribution >= 4 is 5.97 Å². The molecule has 1 unspecified atom stereocenters. The van der Waals surface area contributed by atoms with E-state index in [9.17, 15) is 9.18 Å². The molecule has 1 aromatic rings. The van der Waals surface area contributed by atoms with E-state index in [0.29, 0.717) is 18.5 Å². The van der Waals surface area contributed by atoms with Gasteiger partial charge in [0.2, 0.25) is 0 Å². The fourth-order valence-electron chi connectivity index (χ4n) is 2.16. The summed E-state index contributed by atoms with van der Waals surface area (Å²) in [5, 5.41) is 12.1. The third-order valence-corrected chi connectivity index (χ3v) is 3.44. The summed E-state index contributed by atoms with van der Waals surface area (Å²) in [5.74, 6) is -0.464. The number of hydrogen-bond acceptors (Lipinski definition) is 2. The van der Waals surface area contributed by atoms with Crippen LogP contribution in [-0.2, 0) is 11.3 Å². The van der Waals surface area contributed by atoms with E-state index >= 15 is 0 Å². The van der Waals surface area contributed by atoms with Gasteiger partial charge in [-0.15, -0.1) is 0 Å². The minimum atomic E-state index is -0.731. The maximum atomic E-state index is 12.8. The summed E-state index contributed by atoms with van der Waals surface area (Å²) >= 11 is 0. The molecule has 0 amide bonds. The first kappa shape index (κ1) is 16.6. The highest BCUT2D eigenvalue weighted by molar-refractivity contribution is 5.66. The quantitative estimate of drug-likeness (QED) is 0.680. The van der Waals surface area contributed by atoms with Crippen LogP contribution in [0.3, 0.4) is 0 Å². The second-order valence-electron chi connectivity index (χ2n) is 5.50. The van der Waals surface area contributed by atoms with Gasteiger partial charge in [0.05, 0.1) is 0 Å². The molecule has 2 N–H and O–H groups in total. The maximum Gasteiger partial charge on any atom is 0.303 e. The molecular formula is C16H24FNO2. The lowest BCUT2D eigenvalue weighted by Crippen LogP contribution is -2.33. The van der Waals surface area contributed by atoms with Gasteiger partial charge in [-0.25, -0.2) is 4.39 Å². The minimum absolute atomic E-state index is 0.220. The number of unbranched alkanes of at least 4 members (excludes halogenated alkanes) is 1. The fourth-order valence-corrected chi connectivity index (χ4v) is 2.16. The lowest BCUT2D eigenvalue weighted by Gasteiger charge is -2.22.